The fraction of sp³-hybridized carbons (Fsp3) is 0.444. The van der Waals surface area contributed by atoms with E-state index in [9.17, 15) is 18.8 Å². The zero-order valence-electron chi connectivity index (χ0n) is 21.5. The fourth-order valence-electron chi connectivity index (χ4n) is 4.89. The molecule has 0 aromatic heterocycles. The molecule has 2 aromatic carbocycles. The number of carbonyl (C=O) groups excluding carboxylic acids is 3. The van der Waals surface area contributed by atoms with Crippen LogP contribution in [0.5, 0.6) is 11.5 Å². The van der Waals surface area contributed by atoms with Crippen molar-refractivity contribution in [3.63, 3.8) is 0 Å². The normalized spacial score (nSPS) is 18.7. The summed E-state index contributed by atoms with van der Waals surface area (Å²) in [5, 5.41) is 2.86. The second-order valence-electron chi connectivity index (χ2n) is 9.48. The number of nitrogens with zero attached hydrogens (tertiary/aromatic N) is 2. The first-order chi connectivity index (χ1) is 17.7. The third kappa shape index (κ3) is 5.24. The monoisotopic (exact) mass is 513 g/mol. The van der Waals surface area contributed by atoms with Gasteiger partial charge in [-0.2, -0.15) is 0 Å². The van der Waals surface area contributed by atoms with Gasteiger partial charge in [0, 0.05) is 43.1 Å². The van der Waals surface area contributed by atoms with Crippen LogP contribution in [0.1, 0.15) is 47.4 Å². The fourth-order valence-corrected chi connectivity index (χ4v) is 4.89. The van der Waals surface area contributed by atoms with Gasteiger partial charge < -0.3 is 24.4 Å². The molecule has 0 aliphatic carbocycles. The van der Waals surface area contributed by atoms with E-state index in [-0.39, 0.29) is 30.0 Å². The first-order valence-electron chi connectivity index (χ1n) is 12.2. The van der Waals surface area contributed by atoms with Gasteiger partial charge in [0.25, 0.3) is 11.8 Å². The Balaban J connectivity index is 1.56. The van der Waals surface area contributed by atoms with Crippen LogP contribution in [-0.2, 0) is 9.53 Å². The second kappa shape index (κ2) is 10.8. The highest BCUT2D eigenvalue weighted by atomic mass is 19.1. The van der Waals surface area contributed by atoms with Crippen LogP contribution in [0, 0.1) is 5.82 Å². The number of likely N-dealkylation sites (tertiary alicyclic amines) is 1. The smallest absolute Gasteiger partial charge is 0.256 e. The van der Waals surface area contributed by atoms with Gasteiger partial charge in [-0.1, -0.05) is 0 Å². The molecule has 1 unspecified atom stereocenters. The summed E-state index contributed by atoms with van der Waals surface area (Å²) >= 11 is 0. The van der Waals surface area contributed by atoms with Gasteiger partial charge in [-0.15, -0.1) is 0 Å². The SMILES string of the molecule is COc1ccc(C(=O)N2CCC3(CC2)OCC(C(=O)NC(C)C)N3C(=O)c2ccc(F)cc2)cc1OC. The van der Waals surface area contributed by atoms with Crippen molar-refractivity contribution in [3.8, 4) is 11.5 Å². The van der Waals surface area contributed by atoms with Crippen molar-refractivity contribution >= 4 is 17.7 Å². The summed E-state index contributed by atoms with van der Waals surface area (Å²) in [5.41, 5.74) is -0.342. The molecule has 0 radical (unpaired) electrons. The van der Waals surface area contributed by atoms with Crippen LogP contribution in [0.15, 0.2) is 42.5 Å². The Morgan fingerprint density at radius 3 is 2.19 bits per heavy atom. The summed E-state index contributed by atoms with van der Waals surface area (Å²) < 4.78 is 30.3. The van der Waals surface area contributed by atoms with Crippen LogP contribution < -0.4 is 14.8 Å². The minimum atomic E-state index is -1.06. The highest BCUT2D eigenvalue weighted by molar-refractivity contribution is 5.98. The molecule has 2 fully saturated rings. The van der Waals surface area contributed by atoms with E-state index in [0.29, 0.717) is 43.0 Å². The quantitative estimate of drug-likeness (QED) is 0.638. The lowest BCUT2D eigenvalue weighted by atomic mass is 9.96. The largest absolute Gasteiger partial charge is 0.493 e. The number of methoxy groups -OCH3 is 2. The molecule has 2 heterocycles. The number of amides is 3. The van der Waals surface area contributed by atoms with E-state index in [1.165, 1.54) is 43.4 Å². The molecule has 2 aromatic rings. The lowest BCUT2D eigenvalue weighted by molar-refractivity contribution is -0.128. The van der Waals surface area contributed by atoms with Gasteiger partial charge in [0.2, 0.25) is 5.91 Å². The van der Waals surface area contributed by atoms with E-state index in [0.717, 1.165) is 0 Å². The minimum absolute atomic E-state index is 0.0368. The van der Waals surface area contributed by atoms with E-state index >= 15 is 0 Å². The third-order valence-electron chi connectivity index (χ3n) is 6.77. The molecule has 1 N–H and O–H groups in total. The molecule has 1 atom stereocenters. The average Bonchev–Trinajstić information content (AvgIpc) is 3.26. The van der Waals surface area contributed by atoms with Crippen molar-refractivity contribution in [1.29, 1.82) is 0 Å². The Kier molecular flexibility index (Phi) is 7.68. The van der Waals surface area contributed by atoms with Crippen molar-refractivity contribution in [2.75, 3.05) is 33.9 Å². The maximum absolute atomic E-state index is 13.6. The number of ether oxygens (including phenoxy) is 3. The van der Waals surface area contributed by atoms with Crippen LogP contribution >= 0.6 is 0 Å². The van der Waals surface area contributed by atoms with Crippen molar-refractivity contribution < 1.29 is 33.0 Å². The molecular formula is C27H32FN3O6. The second-order valence-corrected chi connectivity index (χ2v) is 9.48. The topological polar surface area (TPSA) is 97.4 Å². The van der Waals surface area contributed by atoms with Gasteiger partial charge in [0.15, 0.2) is 11.5 Å². The maximum Gasteiger partial charge on any atom is 0.256 e. The highest BCUT2D eigenvalue weighted by Gasteiger charge is 2.54. The average molecular weight is 514 g/mol. The number of benzene rings is 2. The maximum atomic E-state index is 13.6. The van der Waals surface area contributed by atoms with Gasteiger partial charge in [-0.05, 0) is 56.3 Å². The predicted molar refractivity (Wildman–Crippen MR) is 133 cm³/mol. The summed E-state index contributed by atoms with van der Waals surface area (Å²) in [6, 6.07) is 9.26. The molecule has 198 valence electrons. The molecule has 9 nitrogen and oxygen atoms in total. The van der Waals surface area contributed by atoms with Crippen molar-refractivity contribution in [3.05, 3.63) is 59.4 Å². The molecular weight excluding hydrogens is 481 g/mol. The predicted octanol–water partition coefficient (Wildman–Crippen LogP) is 2.84. The van der Waals surface area contributed by atoms with E-state index in [2.05, 4.69) is 5.32 Å². The molecule has 0 bridgehead atoms. The van der Waals surface area contributed by atoms with Gasteiger partial charge in [-0.25, -0.2) is 4.39 Å². The summed E-state index contributed by atoms with van der Waals surface area (Å²) in [6.07, 6.45) is 0.648. The molecule has 2 saturated heterocycles. The molecule has 4 rings (SSSR count). The number of hydrogen-bond donors (Lipinski definition) is 1. The number of piperidine rings is 1. The van der Waals surface area contributed by atoms with Crippen LogP contribution in [0.25, 0.3) is 0 Å². The lowest BCUT2D eigenvalue weighted by Crippen LogP contribution is -2.60. The zero-order valence-corrected chi connectivity index (χ0v) is 21.5. The van der Waals surface area contributed by atoms with E-state index in [4.69, 9.17) is 14.2 Å². The molecule has 1 spiro atoms. The van der Waals surface area contributed by atoms with Crippen molar-refractivity contribution in [2.45, 2.75) is 44.5 Å². The minimum Gasteiger partial charge on any atom is -0.493 e. The number of nitrogens with one attached hydrogen (secondary N) is 1. The summed E-state index contributed by atoms with van der Waals surface area (Å²) in [4.78, 5) is 43.1. The third-order valence-corrected chi connectivity index (χ3v) is 6.77. The van der Waals surface area contributed by atoms with Crippen LogP contribution in [0.4, 0.5) is 4.39 Å². The Labute approximate surface area is 215 Å². The van der Waals surface area contributed by atoms with E-state index < -0.39 is 23.5 Å². The standard InChI is InChI=1S/C27H32FN3O6/c1-17(2)29-24(32)21-16-37-27(31(21)26(34)18-5-8-20(28)9-6-18)11-13-30(14-12-27)25(33)19-7-10-22(35-3)23(15-19)36-4/h5-10,15,17,21H,11-14,16H2,1-4H3,(H,29,32). The van der Waals surface area contributed by atoms with Gasteiger partial charge in [0.1, 0.15) is 17.6 Å². The Morgan fingerprint density at radius 1 is 0.973 bits per heavy atom. The van der Waals surface area contributed by atoms with Crippen molar-refractivity contribution in [1.82, 2.24) is 15.1 Å². The number of rotatable bonds is 6. The lowest BCUT2D eigenvalue weighted by Gasteiger charge is -2.44. The summed E-state index contributed by atoms with van der Waals surface area (Å²) in [7, 11) is 3.03. The zero-order chi connectivity index (χ0) is 26.7. The Bertz CT molecular complexity index is 1160. The van der Waals surface area contributed by atoms with Crippen molar-refractivity contribution in [2.24, 2.45) is 0 Å². The number of halogens is 1. The highest BCUT2D eigenvalue weighted by Crippen LogP contribution is 2.39. The van der Waals surface area contributed by atoms with Gasteiger partial charge in [0.05, 0.1) is 20.8 Å². The van der Waals surface area contributed by atoms with E-state index in [1.54, 1.807) is 23.1 Å². The summed E-state index contributed by atoms with van der Waals surface area (Å²) in [5.74, 6) is -0.390. The summed E-state index contributed by atoms with van der Waals surface area (Å²) in [6.45, 7) is 4.36. The Morgan fingerprint density at radius 2 is 1.59 bits per heavy atom. The van der Waals surface area contributed by atoms with Crippen LogP contribution in [-0.4, -0.2) is 79.2 Å². The first-order valence-corrected chi connectivity index (χ1v) is 12.2. The molecule has 3 amide bonds. The first kappa shape index (κ1) is 26.4. The number of carbonyl (C=O) groups is 3. The molecule has 0 saturated carbocycles. The van der Waals surface area contributed by atoms with Crippen LogP contribution in [0.3, 0.4) is 0 Å². The van der Waals surface area contributed by atoms with E-state index in [1.807, 2.05) is 13.8 Å². The van der Waals surface area contributed by atoms with Crippen LogP contribution in [0.2, 0.25) is 0 Å². The molecule has 2 aliphatic heterocycles. The molecule has 10 heteroatoms. The van der Waals surface area contributed by atoms with Gasteiger partial charge >= 0.3 is 0 Å². The van der Waals surface area contributed by atoms with Gasteiger partial charge in [-0.3, -0.25) is 19.3 Å². The number of hydrogen-bond acceptors (Lipinski definition) is 6. The molecule has 37 heavy (non-hydrogen) atoms. The molecule has 2 aliphatic rings. The Hall–Kier alpha value is -3.66.